The number of halogens is 1. The fourth-order valence-corrected chi connectivity index (χ4v) is 2.52. The second-order valence-electron chi connectivity index (χ2n) is 4.85. The van der Waals surface area contributed by atoms with Crippen molar-refractivity contribution in [3.05, 3.63) is 29.6 Å². The number of benzene rings is 1. The largest absolute Gasteiger partial charge is 0.478 e. The minimum atomic E-state index is -1.10. The number of carbonyl (C=O) groups is 1. The normalized spacial score (nSPS) is 16.5. The molecule has 4 heteroatoms. The van der Waals surface area contributed by atoms with Crippen LogP contribution >= 0.6 is 0 Å². The Hall–Kier alpha value is -1.58. The molecule has 1 aromatic rings. The van der Waals surface area contributed by atoms with Gasteiger partial charge in [0.05, 0.1) is 11.3 Å². The maximum atomic E-state index is 13.6. The summed E-state index contributed by atoms with van der Waals surface area (Å²) in [6, 6.07) is 4.13. The quantitative estimate of drug-likeness (QED) is 0.860. The third kappa shape index (κ3) is 3.00. The van der Waals surface area contributed by atoms with Gasteiger partial charge in [0.2, 0.25) is 0 Å². The van der Waals surface area contributed by atoms with Crippen LogP contribution in [0.4, 0.5) is 10.1 Å². The van der Waals surface area contributed by atoms with E-state index >= 15 is 0 Å². The topological polar surface area (TPSA) is 49.3 Å². The van der Waals surface area contributed by atoms with Crippen LogP contribution in [-0.2, 0) is 0 Å². The Labute approximate surface area is 106 Å². The summed E-state index contributed by atoms with van der Waals surface area (Å²) in [6.45, 7) is 0.654. The van der Waals surface area contributed by atoms with Gasteiger partial charge in [0.1, 0.15) is 5.82 Å². The summed E-state index contributed by atoms with van der Waals surface area (Å²) in [5.41, 5.74) is 0.126. The zero-order valence-corrected chi connectivity index (χ0v) is 10.3. The van der Waals surface area contributed by atoms with E-state index in [2.05, 4.69) is 5.32 Å². The summed E-state index contributed by atoms with van der Waals surface area (Å²) in [7, 11) is 0. The van der Waals surface area contributed by atoms with Crippen LogP contribution in [-0.4, -0.2) is 17.6 Å². The lowest BCUT2D eigenvalue weighted by Gasteiger charge is -2.22. The summed E-state index contributed by atoms with van der Waals surface area (Å²) >= 11 is 0. The van der Waals surface area contributed by atoms with E-state index in [4.69, 9.17) is 5.11 Å². The van der Waals surface area contributed by atoms with Crippen molar-refractivity contribution < 1.29 is 14.3 Å². The summed E-state index contributed by atoms with van der Waals surface area (Å²) in [5.74, 6) is -1.06. The number of anilines is 1. The predicted molar refractivity (Wildman–Crippen MR) is 68.4 cm³/mol. The van der Waals surface area contributed by atoms with E-state index in [0.29, 0.717) is 12.5 Å². The highest BCUT2D eigenvalue weighted by Gasteiger charge is 2.17. The van der Waals surface area contributed by atoms with Gasteiger partial charge in [-0.25, -0.2) is 9.18 Å². The second kappa shape index (κ2) is 5.85. The molecule has 0 amide bonds. The zero-order chi connectivity index (χ0) is 13.0. The van der Waals surface area contributed by atoms with Gasteiger partial charge in [-0.05, 0) is 30.9 Å². The lowest BCUT2D eigenvalue weighted by molar-refractivity contribution is 0.0697. The number of carboxylic acids is 1. The maximum Gasteiger partial charge on any atom is 0.337 e. The molecule has 2 rings (SSSR count). The van der Waals surface area contributed by atoms with E-state index in [1.54, 1.807) is 0 Å². The predicted octanol–water partition coefficient (Wildman–Crippen LogP) is 3.52. The molecule has 1 aliphatic rings. The molecular weight excluding hydrogens is 233 g/mol. The smallest absolute Gasteiger partial charge is 0.337 e. The number of nitrogens with one attached hydrogen (secondary N) is 1. The van der Waals surface area contributed by atoms with Gasteiger partial charge in [0.15, 0.2) is 0 Å². The highest BCUT2D eigenvalue weighted by molar-refractivity contribution is 5.94. The van der Waals surface area contributed by atoms with Gasteiger partial charge in [-0.15, -0.1) is 0 Å². The summed E-state index contributed by atoms with van der Waals surface area (Å²) < 4.78 is 13.6. The molecule has 0 heterocycles. The minimum Gasteiger partial charge on any atom is -0.478 e. The van der Waals surface area contributed by atoms with Gasteiger partial charge >= 0.3 is 5.97 Å². The minimum absolute atomic E-state index is 0.00538. The van der Waals surface area contributed by atoms with Crippen molar-refractivity contribution in [3.63, 3.8) is 0 Å². The molecule has 3 nitrogen and oxygen atoms in total. The number of aromatic carboxylic acids is 1. The Morgan fingerprint density at radius 2 is 2.06 bits per heavy atom. The second-order valence-corrected chi connectivity index (χ2v) is 4.85. The number of hydrogen-bond acceptors (Lipinski definition) is 2. The third-order valence-electron chi connectivity index (χ3n) is 3.54. The van der Waals surface area contributed by atoms with Crippen molar-refractivity contribution in [2.75, 3.05) is 11.9 Å². The molecule has 18 heavy (non-hydrogen) atoms. The number of rotatable bonds is 4. The van der Waals surface area contributed by atoms with Gasteiger partial charge in [-0.3, -0.25) is 0 Å². The Bertz CT molecular complexity index is 428. The molecule has 1 aromatic carbocycles. The van der Waals surface area contributed by atoms with Gasteiger partial charge in [0.25, 0.3) is 0 Å². The Balaban J connectivity index is 2.05. The lowest BCUT2D eigenvalue weighted by atomic mass is 9.89. The molecule has 0 radical (unpaired) electrons. The maximum absolute atomic E-state index is 13.6. The van der Waals surface area contributed by atoms with E-state index in [0.717, 1.165) is 12.8 Å². The van der Waals surface area contributed by atoms with Crippen LogP contribution in [0.2, 0.25) is 0 Å². The fourth-order valence-electron chi connectivity index (χ4n) is 2.52. The molecule has 0 unspecified atom stereocenters. The molecule has 1 aliphatic carbocycles. The van der Waals surface area contributed by atoms with E-state index < -0.39 is 11.8 Å². The summed E-state index contributed by atoms with van der Waals surface area (Å²) in [6.07, 6.45) is 6.00. The van der Waals surface area contributed by atoms with E-state index in [-0.39, 0.29) is 11.3 Å². The molecule has 2 N–H and O–H groups in total. The molecule has 0 spiro atoms. The van der Waals surface area contributed by atoms with Gasteiger partial charge in [-0.1, -0.05) is 25.3 Å². The van der Waals surface area contributed by atoms with Gasteiger partial charge < -0.3 is 10.4 Å². The van der Waals surface area contributed by atoms with Crippen molar-refractivity contribution in [2.24, 2.45) is 5.92 Å². The first-order valence-electron chi connectivity index (χ1n) is 6.44. The average Bonchev–Trinajstić information content (AvgIpc) is 2.38. The van der Waals surface area contributed by atoms with Crippen LogP contribution in [0.3, 0.4) is 0 Å². The summed E-state index contributed by atoms with van der Waals surface area (Å²) in [4.78, 5) is 11.0. The molecule has 0 aliphatic heterocycles. The molecular formula is C14H18FNO2. The average molecular weight is 251 g/mol. The van der Waals surface area contributed by atoms with Crippen LogP contribution in [0.5, 0.6) is 0 Å². The zero-order valence-electron chi connectivity index (χ0n) is 10.3. The first-order chi connectivity index (χ1) is 8.68. The third-order valence-corrected chi connectivity index (χ3v) is 3.54. The first-order valence-corrected chi connectivity index (χ1v) is 6.44. The summed E-state index contributed by atoms with van der Waals surface area (Å²) in [5, 5.41) is 12.0. The standard InChI is InChI=1S/C14H18FNO2/c15-12-8-4-7-11(14(17)18)13(12)16-9-10-5-2-1-3-6-10/h4,7-8,10,16H,1-3,5-6,9H2,(H,17,18). The molecule has 1 saturated carbocycles. The van der Waals surface area contributed by atoms with E-state index in [1.807, 2.05) is 0 Å². The first kappa shape index (κ1) is 12.9. The van der Waals surface area contributed by atoms with Crippen molar-refractivity contribution in [3.8, 4) is 0 Å². The molecule has 98 valence electrons. The Morgan fingerprint density at radius 1 is 1.33 bits per heavy atom. The van der Waals surface area contributed by atoms with Crippen LogP contribution in [0, 0.1) is 11.7 Å². The van der Waals surface area contributed by atoms with E-state index in [9.17, 15) is 9.18 Å². The number of carboxylic acid groups (broad SMARTS) is 1. The molecule has 0 saturated heterocycles. The number of hydrogen-bond donors (Lipinski definition) is 2. The van der Waals surface area contributed by atoms with Gasteiger partial charge in [-0.2, -0.15) is 0 Å². The van der Waals surface area contributed by atoms with Gasteiger partial charge in [0, 0.05) is 6.54 Å². The highest BCUT2D eigenvalue weighted by atomic mass is 19.1. The van der Waals surface area contributed by atoms with Crippen molar-refractivity contribution in [1.29, 1.82) is 0 Å². The molecule has 0 aromatic heterocycles. The van der Waals surface area contributed by atoms with Crippen molar-refractivity contribution >= 4 is 11.7 Å². The SMILES string of the molecule is O=C(O)c1cccc(F)c1NCC1CCCCC1. The lowest BCUT2D eigenvalue weighted by Crippen LogP contribution is -2.19. The molecule has 1 fully saturated rings. The fraction of sp³-hybridized carbons (Fsp3) is 0.500. The monoisotopic (exact) mass is 251 g/mol. The highest BCUT2D eigenvalue weighted by Crippen LogP contribution is 2.26. The molecule has 0 atom stereocenters. The number of para-hydroxylation sites is 1. The van der Waals surface area contributed by atoms with Crippen LogP contribution in [0.15, 0.2) is 18.2 Å². The Morgan fingerprint density at radius 3 is 2.72 bits per heavy atom. The van der Waals surface area contributed by atoms with Crippen LogP contribution in [0.1, 0.15) is 42.5 Å². The van der Waals surface area contributed by atoms with Crippen molar-refractivity contribution in [1.82, 2.24) is 0 Å². The van der Waals surface area contributed by atoms with Crippen LogP contribution in [0.25, 0.3) is 0 Å². The Kier molecular flexibility index (Phi) is 4.18. The van der Waals surface area contributed by atoms with Crippen LogP contribution < -0.4 is 5.32 Å². The van der Waals surface area contributed by atoms with E-state index in [1.165, 1.54) is 37.5 Å². The van der Waals surface area contributed by atoms with Crippen molar-refractivity contribution in [2.45, 2.75) is 32.1 Å². The molecule has 0 bridgehead atoms.